The minimum Gasteiger partial charge on any atom is -0.508 e. The van der Waals surface area contributed by atoms with Crippen LogP contribution in [0.3, 0.4) is 0 Å². The number of piperidine rings is 1. The number of phenols is 1. The molecular weight excluding hydrogens is 1200 g/mol. The van der Waals surface area contributed by atoms with Crippen molar-refractivity contribution in [3.63, 3.8) is 0 Å². The van der Waals surface area contributed by atoms with Crippen molar-refractivity contribution in [1.82, 2.24) is 26.6 Å². The van der Waals surface area contributed by atoms with Crippen molar-refractivity contribution < 1.29 is 44.3 Å². The Kier molecular flexibility index (Phi) is 19.5. The van der Waals surface area contributed by atoms with E-state index in [2.05, 4.69) is 112 Å². The molecule has 0 aromatic heterocycles. The zero-order valence-corrected chi connectivity index (χ0v) is 56.7. The molecule has 4 aromatic rings. The van der Waals surface area contributed by atoms with Crippen LogP contribution in [0.1, 0.15) is 169 Å². The lowest BCUT2D eigenvalue weighted by Gasteiger charge is -2.56. The molecular formula is C82H101N5O9. The molecule has 14 atom stereocenters. The highest BCUT2D eigenvalue weighted by Gasteiger charge is 2.69. The Morgan fingerprint density at radius 2 is 1.67 bits per heavy atom. The maximum absolute atomic E-state index is 15.7. The van der Waals surface area contributed by atoms with Crippen LogP contribution in [0.4, 0.5) is 0 Å². The summed E-state index contributed by atoms with van der Waals surface area (Å²) in [4.78, 5) is 43.8. The highest BCUT2D eigenvalue weighted by molar-refractivity contribution is 6.07. The van der Waals surface area contributed by atoms with E-state index in [1.807, 2.05) is 44.3 Å². The summed E-state index contributed by atoms with van der Waals surface area (Å²) in [5.41, 5.74) is 7.76. The average Bonchev–Trinajstić information content (AvgIpc) is 1.40. The normalized spacial score (nSPS) is 33.2. The van der Waals surface area contributed by atoms with Gasteiger partial charge in [-0.05, 0) is 258 Å². The van der Waals surface area contributed by atoms with Crippen LogP contribution in [0.25, 0.3) is 16.7 Å². The van der Waals surface area contributed by atoms with E-state index in [1.165, 1.54) is 16.7 Å². The van der Waals surface area contributed by atoms with Gasteiger partial charge in [-0.1, -0.05) is 111 Å². The van der Waals surface area contributed by atoms with Crippen molar-refractivity contribution in [2.24, 2.45) is 64.1 Å². The molecule has 3 saturated carbocycles. The number of esters is 2. The van der Waals surface area contributed by atoms with Crippen molar-refractivity contribution >= 4 is 23.8 Å². The van der Waals surface area contributed by atoms with Gasteiger partial charge in [0, 0.05) is 61.7 Å². The summed E-state index contributed by atoms with van der Waals surface area (Å²) in [5, 5.41) is 67.3. The zero-order valence-electron chi connectivity index (χ0n) is 56.7. The van der Waals surface area contributed by atoms with Gasteiger partial charge in [0.25, 0.3) is 0 Å². The summed E-state index contributed by atoms with van der Waals surface area (Å²) in [6, 6.07) is 31.3. The van der Waals surface area contributed by atoms with E-state index in [9.17, 15) is 25.2 Å². The number of phenolic OH excluding ortho intramolecular Hbond substituents is 1. The second kappa shape index (κ2) is 28.0. The Hall–Kier alpha value is -6.51. The molecule has 14 bridgehead atoms. The maximum Gasteiger partial charge on any atom is 0.340 e. The van der Waals surface area contributed by atoms with Crippen molar-refractivity contribution in [2.75, 3.05) is 39.8 Å². The molecule has 4 aromatic carbocycles. The number of aldehydes is 1. The van der Waals surface area contributed by atoms with Gasteiger partial charge < -0.3 is 61.3 Å². The fourth-order valence-corrected chi connectivity index (χ4v) is 20.4. The van der Waals surface area contributed by atoms with E-state index in [4.69, 9.17) is 9.47 Å². The first-order valence-corrected chi connectivity index (χ1v) is 36.6. The lowest BCUT2D eigenvalue weighted by Crippen LogP contribution is -2.52. The Bertz CT molecular complexity index is 3780. The van der Waals surface area contributed by atoms with Crippen LogP contribution in [0, 0.1) is 75.9 Å². The first-order valence-electron chi connectivity index (χ1n) is 36.6. The van der Waals surface area contributed by atoms with Crippen molar-refractivity contribution in [2.45, 2.75) is 179 Å². The smallest absolute Gasteiger partial charge is 0.340 e. The SMILES string of the molecule is CCCNCc1cc2cc(c1)C1NCC(C)(O)C(CC=O)C#CC(C3(O)CCCCC3)CC3CC(C4CCNC(NC)C4)(CC=C4OC(=O)C5=C4CCC4C6CCC7(C(=CC(CCO)Cc8ccccc8)OC(=O)C7=C6c6cc(O)ccc6-c6cccc(c6)CNCC2)C54)CC31. The molecule has 6 aliphatic carbocycles. The van der Waals surface area contributed by atoms with Gasteiger partial charge in [0.1, 0.15) is 23.6 Å². The first kappa shape index (κ1) is 66.7. The van der Waals surface area contributed by atoms with Crippen LogP contribution in [0.2, 0.25) is 0 Å². The second-order valence-electron chi connectivity index (χ2n) is 30.8. The number of fused-ring (bicyclic) bond motifs is 5. The fraction of sp³-hybridized carbons (Fsp3) is 0.549. The molecule has 6 heterocycles. The van der Waals surface area contributed by atoms with Crippen LogP contribution in [0.5, 0.6) is 5.75 Å². The molecule has 5 fully saturated rings. The third kappa shape index (κ3) is 12.8. The molecule has 9 N–H and O–H groups in total. The topological polar surface area (TPSA) is 211 Å². The summed E-state index contributed by atoms with van der Waals surface area (Å²) in [5.74, 6) is 6.20. The predicted molar refractivity (Wildman–Crippen MR) is 373 cm³/mol. The van der Waals surface area contributed by atoms with Crippen LogP contribution in [0.15, 0.2) is 131 Å². The second-order valence-corrected chi connectivity index (χ2v) is 30.8. The minimum absolute atomic E-state index is 0.0214. The van der Waals surface area contributed by atoms with Crippen molar-refractivity contribution in [3.05, 3.63) is 165 Å². The summed E-state index contributed by atoms with van der Waals surface area (Å²) >= 11 is 0. The molecule has 6 aliphatic heterocycles. The van der Waals surface area contributed by atoms with Gasteiger partial charge in [0.15, 0.2) is 0 Å². The minimum atomic E-state index is -1.39. The average molecular weight is 1300 g/mol. The van der Waals surface area contributed by atoms with E-state index in [0.29, 0.717) is 93.7 Å². The van der Waals surface area contributed by atoms with E-state index in [1.54, 1.807) is 6.07 Å². The van der Waals surface area contributed by atoms with Crippen molar-refractivity contribution in [3.8, 4) is 28.7 Å². The standard InChI is InChI=1S/C82H101N5O9/c1-4-32-84-49-55-38-52-24-33-85-48-54-14-11-15-56(40-54)63-19-18-62(90)45-67(63)72-64-22-31-82(70(96-78(92)75(72)82)42-53(26-35-88)37-51-12-7-5-8-13-51)74-65(64)20-21-66-69(95-77(91)73(66)74)23-30-80(60-25-34-86-71(44-60)83-3)46-58-43-61(81(94)28-9-6-10-29-81)17-16-59(27-36-89)79(2,93)50-87-76(68(58)47-80)57(39-52)41-55/h5,7-8,11-15,18-19,23,36,38-42,45,53,58-61,64-65,68,71,74,76,83-88,90,93-94H,4,6,9-10,20-22,24-35,37,43-44,46-50H2,1-3H3. The predicted octanol–water partition coefficient (Wildman–Crippen LogP) is 11.8. The van der Waals surface area contributed by atoms with Gasteiger partial charge in [-0.3, -0.25) is 0 Å². The Labute approximate surface area is 568 Å². The number of nitrogens with one attached hydrogen (secondary N) is 5. The first-order chi connectivity index (χ1) is 46.6. The molecule has 0 radical (unpaired) electrons. The summed E-state index contributed by atoms with van der Waals surface area (Å²) < 4.78 is 13.6. The van der Waals surface area contributed by atoms with Crippen LogP contribution < -0.4 is 26.6 Å². The number of carbonyl (C=O) groups is 3. The van der Waals surface area contributed by atoms with Gasteiger partial charge in [0.2, 0.25) is 0 Å². The molecule has 1 spiro atoms. The molecule has 96 heavy (non-hydrogen) atoms. The number of carbonyl (C=O) groups excluding carboxylic acids is 3. The molecule has 2 saturated heterocycles. The van der Waals surface area contributed by atoms with Gasteiger partial charge in [-0.15, -0.1) is 0 Å². The quantitative estimate of drug-likeness (QED) is 0.0249. The van der Waals surface area contributed by atoms with E-state index in [-0.39, 0.29) is 84.4 Å². The number of benzene rings is 4. The molecule has 0 amide bonds. The van der Waals surface area contributed by atoms with Gasteiger partial charge >= 0.3 is 11.9 Å². The molecule has 14 nitrogen and oxygen atoms in total. The highest BCUT2D eigenvalue weighted by Crippen LogP contribution is 2.72. The summed E-state index contributed by atoms with van der Waals surface area (Å²) in [6.07, 6.45) is 20.1. The zero-order chi connectivity index (χ0) is 66.3. The lowest BCUT2D eigenvalue weighted by atomic mass is 9.44. The fourth-order valence-electron chi connectivity index (χ4n) is 20.4. The van der Waals surface area contributed by atoms with E-state index >= 15 is 9.59 Å². The van der Waals surface area contributed by atoms with Gasteiger partial charge in [-0.2, -0.15) is 0 Å². The molecule has 14 unspecified atom stereocenters. The summed E-state index contributed by atoms with van der Waals surface area (Å²) in [6.45, 7) is 7.90. The molecule has 508 valence electrons. The van der Waals surface area contributed by atoms with Crippen LogP contribution in [-0.2, 0) is 49.8 Å². The molecule has 16 rings (SSSR count). The number of rotatable bonds is 14. The number of aromatic hydroxyl groups is 1. The van der Waals surface area contributed by atoms with Crippen LogP contribution >= 0.6 is 0 Å². The van der Waals surface area contributed by atoms with E-state index in [0.717, 1.165) is 129 Å². The lowest BCUT2D eigenvalue weighted by molar-refractivity contribution is -0.135. The summed E-state index contributed by atoms with van der Waals surface area (Å²) in [7, 11) is 2.04. The molecule has 12 aliphatic rings. The number of aliphatic hydroxyl groups is 3. The number of aliphatic hydroxyl groups excluding tert-OH is 1. The van der Waals surface area contributed by atoms with Gasteiger partial charge in [0.05, 0.1) is 34.3 Å². The third-order valence-electron chi connectivity index (χ3n) is 25.0. The van der Waals surface area contributed by atoms with E-state index < -0.39 is 40.3 Å². The Morgan fingerprint density at radius 1 is 0.812 bits per heavy atom. The number of hydrogen-bond acceptors (Lipinski definition) is 14. The van der Waals surface area contributed by atoms with Crippen molar-refractivity contribution in [1.29, 1.82) is 0 Å². The Morgan fingerprint density at radius 3 is 2.48 bits per heavy atom. The Balaban J connectivity index is 0.966. The van der Waals surface area contributed by atoms with Crippen LogP contribution in [-0.4, -0.2) is 95.9 Å². The number of β-amino-alcohol motifs (C(OH)–C–C–N with tert-alkyl or cyclic N) is 1. The van der Waals surface area contributed by atoms with Gasteiger partial charge in [-0.25, -0.2) is 9.59 Å². The number of ether oxygens (including phenoxy) is 2. The monoisotopic (exact) mass is 1300 g/mol. The third-order valence-corrected chi connectivity index (χ3v) is 25.0. The number of cyclic esters (lactones) is 1. The highest BCUT2D eigenvalue weighted by atomic mass is 16.6. The molecule has 14 heteroatoms. The maximum atomic E-state index is 15.7. The number of allylic oxidation sites excluding steroid dienone is 5. The largest absolute Gasteiger partial charge is 0.508 e. The number of hydrogen-bond donors (Lipinski definition) is 9.